The summed E-state index contributed by atoms with van der Waals surface area (Å²) >= 11 is 0. The van der Waals surface area contributed by atoms with Crippen LogP contribution in [0.4, 0.5) is 10.3 Å². The molecule has 5 rings (SSSR count). The summed E-state index contributed by atoms with van der Waals surface area (Å²) in [5.74, 6) is 0.495. The third kappa shape index (κ3) is 3.60. The Bertz CT molecular complexity index is 1250. The van der Waals surface area contributed by atoms with Crippen LogP contribution < -0.4 is 5.32 Å². The fourth-order valence-electron chi connectivity index (χ4n) is 4.39. The van der Waals surface area contributed by atoms with Crippen LogP contribution in [-0.2, 0) is 4.79 Å². The zero-order valence-corrected chi connectivity index (χ0v) is 17.5. The fourth-order valence-corrected chi connectivity index (χ4v) is 4.39. The molecule has 1 aliphatic rings. The molecule has 0 spiro atoms. The standard InChI is InChI=1S/C22H24FN7O/c1-29(2)21(31)13-3-5-15(6-4-13)27-22-26-11-17-16(10-25-19(17)28-22)14-9-18(23)20-24-7-8-30(20)12-14/h7-13,15H,3-6H2,1-2H3,(H2,25,26,27,28). The van der Waals surface area contributed by atoms with Crippen LogP contribution in [0.1, 0.15) is 25.7 Å². The number of anilines is 1. The molecule has 31 heavy (non-hydrogen) atoms. The normalized spacial score (nSPS) is 19.1. The van der Waals surface area contributed by atoms with Crippen molar-refractivity contribution in [2.45, 2.75) is 31.7 Å². The number of hydrogen-bond donors (Lipinski definition) is 2. The minimum Gasteiger partial charge on any atom is -0.351 e. The summed E-state index contributed by atoms with van der Waals surface area (Å²) in [6.07, 6.45) is 12.3. The number of carbonyl (C=O) groups excluding carboxylic acids is 1. The highest BCUT2D eigenvalue weighted by Gasteiger charge is 2.27. The van der Waals surface area contributed by atoms with E-state index in [-0.39, 0.29) is 23.7 Å². The molecule has 1 saturated carbocycles. The van der Waals surface area contributed by atoms with Crippen molar-refractivity contribution < 1.29 is 9.18 Å². The number of aromatic amines is 1. The Morgan fingerprint density at radius 1 is 1.26 bits per heavy atom. The van der Waals surface area contributed by atoms with Crippen molar-refractivity contribution in [3.63, 3.8) is 0 Å². The average molecular weight is 421 g/mol. The summed E-state index contributed by atoms with van der Waals surface area (Å²) in [6.45, 7) is 0. The van der Waals surface area contributed by atoms with E-state index >= 15 is 0 Å². The monoisotopic (exact) mass is 421 g/mol. The maximum absolute atomic E-state index is 14.4. The molecule has 0 saturated heterocycles. The second kappa shape index (κ2) is 7.64. The van der Waals surface area contributed by atoms with E-state index in [1.54, 1.807) is 27.9 Å². The predicted octanol–water partition coefficient (Wildman–Crippen LogP) is 3.47. The van der Waals surface area contributed by atoms with Gasteiger partial charge >= 0.3 is 0 Å². The van der Waals surface area contributed by atoms with E-state index < -0.39 is 0 Å². The SMILES string of the molecule is CN(C)C(=O)C1CCC(Nc2ncc3c(-c4cc(F)c5nccn5c4)c[nH]c3n2)CC1. The third-order valence-electron chi connectivity index (χ3n) is 6.04. The molecule has 9 heteroatoms. The van der Waals surface area contributed by atoms with E-state index in [1.165, 1.54) is 6.07 Å². The van der Waals surface area contributed by atoms with Crippen molar-refractivity contribution in [2.24, 2.45) is 5.92 Å². The number of nitrogens with one attached hydrogen (secondary N) is 2. The summed E-state index contributed by atoms with van der Waals surface area (Å²) < 4.78 is 16.0. The molecule has 0 bridgehead atoms. The Balaban J connectivity index is 1.33. The lowest BCUT2D eigenvalue weighted by atomic mass is 9.85. The van der Waals surface area contributed by atoms with Crippen molar-refractivity contribution in [1.29, 1.82) is 0 Å². The van der Waals surface area contributed by atoms with Gasteiger partial charge in [0, 0.05) is 73.6 Å². The van der Waals surface area contributed by atoms with E-state index in [2.05, 4.69) is 25.3 Å². The molecule has 0 aromatic carbocycles. The van der Waals surface area contributed by atoms with Gasteiger partial charge in [-0.1, -0.05) is 0 Å². The quantitative estimate of drug-likeness (QED) is 0.527. The van der Waals surface area contributed by atoms with E-state index in [0.29, 0.717) is 17.2 Å². The van der Waals surface area contributed by atoms with Crippen LogP contribution in [0.2, 0.25) is 0 Å². The van der Waals surface area contributed by atoms with Crippen LogP contribution in [-0.4, -0.2) is 55.3 Å². The number of fused-ring (bicyclic) bond motifs is 2. The molecule has 4 aromatic rings. The lowest BCUT2D eigenvalue weighted by Crippen LogP contribution is -2.35. The Morgan fingerprint density at radius 2 is 2.06 bits per heavy atom. The zero-order chi connectivity index (χ0) is 21.5. The van der Waals surface area contributed by atoms with Gasteiger partial charge in [-0.2, -0.15) is 4.98 Å². The van der Waals surface area contributed by atoms with Crippen molar-refractivity contribution in [3.05, 3.63) is 42.9 Å². The highest BCUT2D eigenvalue weighted by atomic mass is 19.1. The van der Waals surface area contributed by atoms with Crippen LogP contribution in [0, 0.1) is 11.7 Å². The largest absolute Gasteiger partial charge is 0.351 e. The molecule has 0 radical (unpaired) electrons. The van der Waals surface area contributed by atoms with Gasteiger partial charge in [0.05, 0.1) is 0 Å². The van der Waals surface area contributed by atoms with Gasteiger partial charge in [0.1, 0.15) is 5.65 Å². The number of amides is 1. The van der Waals surface area contributed by atoms with Gasteiger partial charge < -0.3 is 19.6 Å². The molecule has 4 heterocycles. The van der Waals surface area contributed by atoms with Gasteiger partial charge in [0.2, 0.25) is 11.9 Å². The number of aromatic nitrogens is 5. The molecule has 2 N–H and O–H groups in total. The molecular weight excluding hydrogens is 397 g/mol. The van der Waals surface area contributed by atoms with Crippen LogP contribution in [0.15, 0.2) is 37.1 Å². The van der Waals surface area contributed by atoms with Gasteiger partial charge in [-0.3, -0.25) is 4.79 Å². The van der Waals surface area contributed by atoms with Gasteiger partial charge in [-0.15, -0.1) is 0 Å². The first-order valence-electron chi connectivity index (χ1n) is 10.4. The molecule has 0 unspecified atom stereocenters. The van der Waals surface area contributed by atoms with Crippen molar-refractivity contribution in [1.82, 2.24) is 29.2 Å². The summed E-state index contributed by atoms with van der Waals surface area (Å²) in [6, 6.07) is 1.72. The second-order valence-corrected chi connectivity index (χ2v) is 8.32. The lowest BCUT2D eigenvalue weighted by Gasteiger charge is -2.29. The smallest absolute Gasteiger partial charge is 0.225 e. The van der Waals surface area contributed by atoms with Gasteiger partial charge in [0.15, 0.2) is 11.5 Å². The molecule has 0 atom stereocenters. The zero-order valence-electron chi connectivity index (χ0n) is 17.5. The van der Waals surface area contributed by atoms with E-state index in [9.17, 15) is 9.18 Å². The van der Waals surface area contributed by atoms with Crippen LogP contribution in [0.3, 0.4) is 0 Å². The Labute approximate surface area is 178 Å². The average Bonchev–Trinajstić information content (AvgIpc) is 3.40. The Morgan fingerprint density at radius 3 is 2.84 bits per heavy atom. The number of pyridine rings is 1. The van der Waals surface area contributed by atoms with Crippen LogP contribution in [0.5, 0.6) is 0 Å². The highest BCUT2D eigenvalue weighted by molar-refractivity contribution is 5.93. The number of nitrogens with zero attached hydrogens (tertiary/aromatic N) is 5. The summed E-state index contributed by atoms with van der Waals surface area (Å²) in [4.78, 5) is 30.1. The van der Waals surface area contributed by atoms with Crippen molar-refractivity contribution in [2.75, 3.05) is 19.4 Å². The minimum atomic E-state index is -0.376. The fraction of sp³-hybridized carbons (Fsp3) is 0.364. The number of carbonyl (C=O) groups is 1. The second-order valence-electron chi connectivity index (χ2n) is 8.32. The van der Waals surface area contributed by atoms with E-state index in [1.807, 2.05) is 26.5 Å². The van der Waals surface area contributed by atoms with E-state index in [4.69, 9.17) is 0 Å². The van der Waals surface area contributed by atoms with Crippen LogP contribution >= 0.6 is 0 Å². The van der Waals surface area contributed by atoms with E-state index in [0.717, 1.165) is 42.2 Å². The number of hydrogen-bond acceptors (Lipinski definition) is 5. The molecule has 1 amide bonds. The molecule has 1 aliphatic carbocycles. The molecule has 0 aliphatic heterocycles. The predicted molar refractivity (Wildman–Crippen MR) is 116 cm³/mol. The molecule has 1 fully saturated rings. The topological polar surface area (TPSA) is 91.2 Å². The summed E-state index contributed by atoms with van der Waals surface area (Å²) in [7, 11) is 3.62. The first kappa shape index (κ1) is 19.5. The first-order chi connectivity index (χ1) is 15.0. The molecular formula is C22H24FN7O. The summed E-state index contributed by atoms with van der Waals surface area (Å²) in [5, 5.41) is 4.22. The molecule has 8 nitrogen and oxygen atoms in total. The minimum absolute atomic E-state index is 0.107. The molecule has 4 aromatic heterocycles. The maximum atomic E-state index is 14.4. The Hall–Kier alpha value is -3.49. The van der Waals surface area contributed by atoms with Crippen molar-refractivity contribution >= 4 is 28.5 Å². The van der Waals surface area contributed by atoms with Crippen LogP contribution in [0.25, 0.3) is 27.8 Å². The summed E-state index contributed by atoms with van der Waals surface area (Å²) in [5.41, 5.74) is 2.55. The highest BCUT2D eigenvalue weighted by Crippen LogP contribution is 2.30. The molecule has 160 valence electrons. The number of rotatable bonds is 4. The number of imidazole rings is 1. The number of halogens is 1. The third-order valence-corrected chi connectivity index (χ3v) is 6.04. The first-order valence-corrected chi connectivity index (χ1v) is 10.4. The van der Waals surface area contributed by atoms with Gasteiger partial charge in [-0.05, 0) is 31.7 Å². The lowest BCUT2D eigenvalue weighted by molar-refractivity contribution is -0.133. The van der Waals surface area contributed by atoms with Gasteiger partial charge in [-0.25, -0.2) is 14.4 Å². The maximum Gasteiger partial charge on any atom is 0.225 e. The van der Waals surface area contributed by atoms with Crippen molar-refractivity contribution in [3.8, 4) is 11.1 Å². The number of H-pyrrole nitrogens is 1. The van der Waals surface area contributed by atoms with Gasteiger partial charge in [0.25, 0.3) is 0 Å². The Kier molecular flexibility index (Phi) is 4.80.